The summed E-state index contributed by atoms with van der Waals surface area (Å²) in [4.78, 5) is 7.80. The van der Waals surface area contributed by atoms with E-state index in [2.05, 4.69) is 47.3 Å². The highest BCUT2D eigenvalue weighted by Gasteiger charge is 2.19. The normalized spacial score (nSPS) is 24.6. The third-order valence-corrected chi connectivity index (χ3v) is 4.14. The molecule has 2 N–H and O–H groups in total. The van der Waals surface area contributed by atoms with Crippen molar-refractivity contribution in [2.45, 2.75) is 31.9 Å². The van der Waals surface area contributed by atoms with Gasteiger partial charge in [-0.3, -0.25) is 0 Å². The lowest BCUT2D eigenvalue weighted by molar-refractivity contribution is 0.154. The molecule has 1 fully saturated rings. The Labute approximate surface area is 137 Å². The van der Waals surface area contributed by atoms with Crippen molar-refractivity contribution >= 4 is 11.4 Å². The highest BCUT2D eigenvalue weighted by Crippen LogP contribution is 2.25. The number of β-amino-alcohol motifs (C(OH)–C–C–N with tert-alkyl or cyclic N) is 1. The summed E-state index contributed by atoms with van der Waals surface area (Å²) in [5.74, 6) is 0.839. The Morgan fingerprint density at radius 1 is 1.39 bits per heavy atom. The van der Waals surface area contributed by atoms with Crippen LogP contribution in [0.4, 0.5) is 5.69 Å². The summed E-state index contributed by atoms with van der Waals surface area (Å²) in [5, 5.41) is 9.80. The van der Waals surface area contributed by atoms with Crippen molar-refractivity contribution in [2.24, 2.45) is 0 Å². The van der Waals surface area contributed by atoms with Crippen LogP contribution in [0.5, 0.6) is 0 Å². The quantitative estimate of drug-likeness (QED) is 0.839. The molecule has 2 heterocycles. The van der Waals surface area contributed by atoms with Gasteiger partial charge in [0.25, 0.3) is 0 Å². The molecule has 2 unspecified atom stereocenters. The lowest BCUT2D eigenvalue weighted by atomic mass is 10.1. The number of benzene rings is 1. The number of aliphatic hydroxyl groups is 1. The Hall–Kier alpha value is -2.04. The zero-order valence-electron chi connectivity index (χ0n) is 13.5. The van der Waals surface area contributed by atoms with Crippen molar-refractivity contribution in [3.63, 3.8) is 0 Å². The second-order valence-electron chi connectivity index (χ2n) is 6.27. The molecule has 0 spiro atoms. The molecule has 23 heavy (non-hydrogen) atoms. The molecule has 2 aliphatic heterocycles. The van der Waals surface area contributed by atoms with Gasteiger partial charge < -0.3 is 14.8 Å². The lowest BCUT2D eigenvalue weighted by Crippen LogP contribution is -2.38. The van der Waals surface area contributed by atoms with Gasteiger partial charge in [0.05, 0.1) is 12.1 Å². The first-order chi connectivity index (χ1) is 11.1. The predicted molar refractivity (Wildman–Crippen MR) is 93.8 cm³/mol. The minimum absolute atomic E-state index is 0.0682. The fourth-order valence-electron chi connectivity index (χ4n) is 2.91. The molecule has 3 rings (SSSR count). The van der Waals surface area contributed by atoms with Gasteiger partial charge in [0, 0.05) is 24.3 Å². The van der Waals surface area contributed by atoms with E-state index in [0.29, 0.717) is 6.54 Å². The summed E-state index contributed by atoms with van der Waals surface area (Å²) in [7, 11) is 0. The Morgan fingerprint density at radius 2 is 2.17 bits per heavy atom. The molecule has 0 radical (unpaired) electrons. The molecule has 0 aliphatic carbocycles. The standard InChI is InChI=1S/C19H24N2O2/c1-14(2)5-8-16-12-19(23-20-16)15-6-9-17(10-7-15)21-11-3-4-18(22)13-21/h5-10,12,16,18,20,22H,1,3-4,11,13H2,2H3/b8-5-. The van der Waals surface area contributed by atoms with E-state index >= 15 is 0 Å². The van der Waals surface area contributed by atoms with Crippen LogP contribution in [0.2, 0.25) is 0 Å². The van der Waals surface area contributed by atoms with E-state index in [9.17, 15) is 5.11 Å². The Kier molecular flexibility index (Phi) is 4.84. The highest BCUT2D eigenvalue weighted by molar-refractivity contribution is 5.64. The molecule has 0 amide bonds. The van der Waals surface area contributed by atoms with Crippen molar-refractivity contribution in [1.29, 1.82) is 0 Å². The van der Waals surface area contributed by atoms with Crippen LogP contribution in [-0.4, -0.2) is 30.3 Å². The Morgan fingerprint density at radius 3 is 2.87 bits per heavy atom. The molecule has 122 valence electrons. The number of piperidine rings is 1. The Bertz CT molecular complexity index is 619. The molecule has 0 saturated carbocycles. The SMILES string of the molecule is C=C(C)/C=C\C1C=C(c2ccc(N3CCCC(O)C3)cc2)ON1. The van der Waals surface area contributed by atoms with Crippen LogP contribution in [0.25, 0.3) is 5.76 Å². The van der Waals surface area contributed by atoms with Crippen LogP contribution in [0.3, 0.4) is 0 Å². The third kappa shape index (κ3) is 4.03. The number of hydrogen-bond donors (Lipinski definition) is 2. The maximum absolute atomic E-state index is 9.80. The zero-order chi connectivity index (χ0) is 16.2. The van der Waals surface area contributed by atoms with Crippen molar-refractivity contribution in [1.82, 2.24) is 5.48 Å². The average Bonchev–Trinajstić information content (AvgIpc) is 3.02. The number of hydroxylamine groups is 1. The maximum Gasteiger partial charge on any atom is 0.152 e. The van der Waals surface area contributed by atoms with E-state index in [4.69, 9.17) is 4.84 Å². The van der Waals surface area contributed by atoms with Crippen LogP contribution in [0.1, 0.15) is 25.3 Å². The zero-order valence-corrected chi connectivity index (χ0v) is 13.5. The Balaban J connectivity index is 1.68. The first-order valence-corrected chi connectivity index (χ1v) is 8.13. The molecule has 0 bridgehead atoms. The molecule has 4 nitrogen and oxygen atoms in total. The molecule has 2 atom stereocenters. The topological polar surface area (TPSA) is 44.7 Å². The minimum Gasteiger partial charge on any atom is -0.407 e. The van der Waals surface area contributed by atoms with E-state index in [-0.39, 0.29) is 12.1 Å². The van der Waals surface area contributed by atoms with Gasteiger partial charge in [-0.1, -0.05) is 24.3 Å². The number of rotatable bonds is 4. The van der Waals surface area contributed by atoms with E-state index in [1.54, 1.807) is 0 Å². The molecule has 1 saturated heterocycles. The van der Waals surface area contributed by atoms with Crippen LogP contribution in [-0.2, 0) is 4.84 Å². The fourth-order valence-corrected chi connectivity index (χ4v) is 2.91. The third-order valence-electron chi connectivity index (χ3n) is 4.14. The van der Waals surface area contributed by atoms with E-state index < -0.39 is 0 Å². The second-order valence-corrected chi connectivity index (χ2v) is 6.27. The van der Waals surface area contributed by atoms with Crippen LogP contribution < -0.4 is 10.4 Å². The minimum atomic E-state index is -0.214. The maximum atomic E-state index is 9.80. The van der Waals surface area contributed by atoms with Gasteiger partial charge in [-0.15, -0.1) is 5.48 Å². The van der Waals surface area contributed by atoms with Crippen LogP contribution >= 0.6 is 0 Å². The molecular formula is C19H24N2O2. The van der Waals surface area contributed by atoms with E-state index in [1.165, 1.54) is 0 Å². The van der Waals surface area contributed by atoms with Gasteiger partial charge in [0.15, 0.2) is 5.76 Å². The summed E-state index contributed by atoms with van der Waals surface area (Å²) < 4.78 is 0. The summed E-state index contributed by atoms with van der Waals surface area (Å²) in [6, 6.07) is 8.38. The number of allylic oxidation sites excluding steroid dienone is 2. The predicted octanol–water partition coefficient (Wildman–Crippen LogP) is 3.02. The van der Waals surface area contributed by atoms with Crippen molar-refractivity contribution < 1.29 is 9.94 Å². The van der Waals surface area contributed by atoms with Crippen LogP contribution in [0, 0.1) is 0 Å². The highest BCUT2D eigenvalue weighted by atomic mass is 16.7. The molecule has 2 aliphatic rings. The van der Waals surface area contributed by atoms with Gasteiger partial charge in [0.1, 0.15) is 0 Å². The average molecular weight is 312 g/mol. The molecule has 4 heteroatoms. The first-order valence-electron chi connectivity index (χ1n) is 8.13. The summed E-state index contributed by atoms with van der Waals surface area (Å²) in [6.07, 6.45) is 7.79. The molecule has 0 aromatic heterocycles. The number of nitrogens with zero attached hydrogens (tertiary/aromatic N) is 1. The van der Waals surface area contributed by atoms with Crippen molar-refractivity contribution in [2.75, 3.05) is 18.0 Å². The largest absolute Gasteiger partial charge is 0.407 e. The molecule has 1 aromatic carbocycles. The van der Waals surface area contributed by atoms with Gasteiger partial charge in [0.2, 0.25) is 0 Å². The van der Waals surface area contributed by atoms with Crippen LogP contribution in [0.15, 0.2) is 54.6 Å². The molecule has 1 aromatic rings. The second kappa shape index (κ2) is 7.02. The van der Waals surface area contributed by atoms with Gasteiger partial charge >= 0.3 is 0 Å². The van der Waals surface area contributed by atoms with E-state index in [0.717, 1.165) is 42.0 Å². The lowest BCUT2D eigenvalue weighted by Gasteiger charge is -2.32. The summed E-state index contributed by atoms with van der Waals surface area (Å²) in [5.41, 5.74) is 6.19. The van der Waals surface area contributed by atoms with Crippen molar-refractivity contribution in [3.8, 4) is 0 Å². The number of hydrogen-bond acceptors (Lipinski definition) is 4. The van der Waals surface area contributed by atoms with Gasteiger partial charge in [-0.05, 0) is 50.1 Å². The van der Waals surface area contributed by atoms with Gasteiger partial charge in [-0.25, -0.2) is 0 Å². The number of nitrogens with one attached hydrogen (secondary N) is 1. The summed E-state index contributed by atoms with van der Waals surface area (Å²) >= 11 is 0. The van der Waals surface area contributed by atoms with Crippen molar-refractivity contribution in [3.05, 3.63) is 60.2 Å². The van der Waals surface area contributed by atoms with Gasteiger partial charge in [-0.2, -0.15) is 0 Å². The number of aliphatic hydroxyl groups excluding tert-OH is 1. The molecular weight excluding hydrogens is 288 g/mol. The smallest absolute Gasteiger partial charge is 0.152 e. The summed E-state index contributed by atoms with van der Waals surface area (Å²) in [6.45, 7) is 7.54. The first kappa shape index (κ1) is 15.8. The monoisotopic (exact) mass is 312 g/mol. The van der Waals surface area contributed by atoms with E-state index in [1.807, 2.05) is 19.1 Å². The number of anilines is 1. The fraction of sp³-hybridized carbons (Fsp3) is 0.368.